The second-order valence-electron chi connectivity index (χ2n) is 4.19. The van der Waals surface area contributed by atoms with Gasteiger partial charge in [0.25, 0.3) is 5.91 Å². The molecular weight excluding hydrogens is 301 g/mol. The van der Waals surface area contributed by atoms with E-state index in [0.29, 0.717) is 17.6 Å². The Balaban J connectivity index is 1.91. The van der Waals surface area contributed by atoms with E-state index in [9.17, 15) is 18.0 Å². The monoisotopic (exact) mass is 308 g/mol. The molecule has 0 saturated heterocycles. The van der Waals surface area contributed by atoms with Crippen LogP contribution in [0.5, 0.6) is 0 Å². The Morgan fingerprint density at radius 3 is 2.52 bits per heavy atom. The zero-order chi connectivity index (χ0) is 15.0. The fourth-order valence-electron chi connectivity index (χ4n) is 1.79. The number of anilines is 1. The Hall–Kier alpha value is -2.41. The molecule has 21 heavy (non-hydrogen) atoms. The lowest BCUT2D eigenvalue weighted by molar-refractivity contribution is 0.102. The minimum Gasteiger partial charge on any atom is -0.298 e. The van der Waals surface area contributed by atoms with Crippen molar-refractivity contribution in [1.82, 2.24) is 4.98 Å². The number of para-hydroxylation sites is 1. The predicted octanol–water partition coefficient (Wildman–Crippen LogP) is 3.97. The van der Waals surface area contributed by atoms with Crippen LogP contribution in [0.3, 0.4) is 0 Å². The number of halogens is 3. The molecule has 0 fully saturated rings. The van der Waals surface area contributed by atoms with E-state index >= 15 is 0 Å². The lowest BCUT2D eigenvalue weighted by Gasteiger charge is -2.03. The van der Waals surface area contributed by atoms with Gasteiger partial charge >= 0.3 is 0 Å². The normalized spacial score (nSPS) is 10.8. The standard InChI is InChI=1S/C14H7F3N2OS/c15-8-6-10(17)9(16)5-7(8)13(20)19-14-18-11-3-1-2-4-12(11)21-14/h1-6H,(H,18,19,20). The molecule has 0 unspecified atom stereocenters. The number of amides is 1. The lowest BCUT2D eigenvalue weighted by Crippen LogP contribution is -2.14. The van der Waals surface area contributed by atoms with Gasteiger partial charge in [0.05, 0.1) is 15.8 Å². The summed E-state index contributed by atoms with van der Waals surface area (Å²) >= 11 is 1.20. The molecule has 0 bridgehead atoms. The summed E-state index contributed by atoms with van der Waals surface area (Å²) in [6, 6.07) is 8.06. The molecule has 106 valence electrons. The molecule has 1 heterocycles. The number of hydrogen-bond acceptors (Lipinski definition) is 3. The second-order valence-corrected chi connectivity index (χ2v) is 5.22. The van der Waals surface area contributed by atoms with Crippen LogP contribution in [0.25, 0.3) is 10.2 Å². The number of carbonyl (C=O) groups is 1. The van der Waals surface area contributed by atoms with Crippen LogP contribution in [0.15, 0.2) is 36.4 Å². The molecular formula is C14H7F3N2OS. The molecule has 3 nitrogen and oxygen atoms in total. The van der Waals surface area contributed by atoms with E-state index in [0.717, 1.165) is 4.70 Å². The molecule has 0 aliphatic rings. The summed E-state index contributed by atoms with van der Waals surface area (Å²) in [4.78, 5) is 16.0. The first kappa shape index (κ1) is 13.6. The second kappa shape index (κ2) is 5.17. The van der Waals surface area contributed by atoms with Crippen LogP contribution in [0, 0.1) is 17.5 Å². The van der Waals surface area contributed by atoms with Gasteiger partial charge < -0.3 is 0 Å². The fourth-order valence-corrected chi connectivity index (χ4v) is 2.65. The molecule has 0 spiro atoms. The van der Waals surface area contributed by atoms with Crippen LogP contribution in [-0.4, -0.2) is 10.9 Å². The number of carbonyl (C=O) groups excluding carboxylic acids is 1. The predicted molar refractivity (Wildman–Crippen MR) is 73.9 cm³/mol. The Morgan fingerprint density at radius 2 is 1.76 bits per heavy atom. The van der Waals surface area contributed by atoms with Crippen molar-refractivity contribution in [3.63, 3.8) is 0 Å². The van der Waals surface area contributed by atoms with E-state index in [4.69, 9.17) is 0 Å². The fraction of sp³-hybridized carbons (Fsp3) is 0. The summed E-state index contributed by atoms with van der Waals surface area (Å²) in [6.07, 6.45) is 0. The molecule has 0 radical (unpaired) electrons. The minimum absolute atomic E-state index is 0.255. The average molecular weight is 308 g/mol. The first-order valence-corrected chi connectivity index (χ1v) is 6.68. The van der Waals surface area contributed by atoms with Gasteiger partial charge in [-0.25, -0.2) is 18.2 Å². The molecule has 0 saturated carbocycles. The Morgan fingerprint density at radius 1 is 1.05 bits per heavy atom. The van der Waals surface area contributed by atoms with Gasteiger partial charge in [-0.15, -0.1) is 0 Å². The van der Waals surface area contributed by atoms with Crippen LogP contribution in [0.1, 0.15) is 10.4 Å². The van der Waals surface area contributed by atoms with E-state index in [2.05, 4.69) is 10.3 Å². The third kappa shape index (κ3) is 2.59. The first-order valence-electron chi connectivity index (χ1n) is 5.86. The molecule has 1 amide bonds. The average Bonchev–Trinajstić information content (AvgIpc) is 2.84. The van der Waals surface area contributed by atoms with Crippen LogP contribution >= 0.6 is 11.3 Å². The van der Waals surface area contributed by atoms with Gasteiger partial charge in [0, 0.05) is 6.07 Å². The van der Waals surface area contributed by atoms with Crippen molar-refractivity contribution in [2.75, 3.05) is 5.32 Å². The number of benzene rings is 2. The van der Waals surface area contributed by atoms with Crippen LogP contribution in [-0.2, 0) is 0 Å². The Kier molecular flexibility index (Phi) is 3.34. The van der Waals surface area contributed by atoms with Gasteiger partial charge in [-0.3, -0.25) is 10.1 Å². The van der Waals surface area contributed by atoms with Gasteiger partial charge in [-0.1, -0.05) is 23.5 Å². The topological polar surface area (TPSA) is 42.0 Å². The maximum absolute atomic E-state index is 13.5. The third-order valence-corrected chi connectivity index (χ3v) is 3.72. The van der Waals surface area contributed by atoms with E-state index in [1.165, 1.54) is 11.3 Å². The number of aromatic nitrogens is 1. The Labute approximate surface area is 121 Å². The van der Waals surface area contributed by atoms with Crippen molar-refractivity contribution in [2.24, 2.45) is 0 Å². The molecule has 0 aliphatic carbocycles. The molecule has 1 aromatic heterocycles. The third-order valence-electron chi connectivity index (χ3n) is 2.77. The van der Waals surface area contributed by atoms with E-state index in [1.807, 2.05) is 12.1 Å². The number of fused-ring (bicyclic) bond motifs is 1. The van der Waals surface area contributed by atoms with Crippen molar-refractivity contribution in [2.45, 2.75) is 0 Å². The molecule has 7 heteroatoms. The van der Waals surface area contributed by atoms with Crippen molar-refractivity contribution in [3.05, 3.63) is 59.4 Å². The number of thiazole rings is 1. The quantitative estimate of drug-likeness (QED) is 0.728. The molecule has 0 atom stereocenters. The molecule has 1 N–H and O–H groups in total. The Bertz CT molecular complexity index is 814. The highest BCUT2D eigenvalue weighted by atomic mass is 32.1. The van der Waals surface area contributed by atoms with Crippen molar-refractivity contribution >= 4 is 32.6 Å². The molecule has 2 aromatic carbocycles. The van der Waals surface area contributed by atoms with Crippen LogP contribution in [0.2, 0.25) is 0 Å². The highest BCUT2D eigenvalue weighted by Crippen LogP contribution is 2.26. The van der Waals surface area contributed by atoms with Gasteiger partial charge in [0.15, 0.2) is 16.8 Å². The molecule has 3 rings (SSSR count). The highest BCUT2D eigenvalue weighted by Gasteiger charge is 2.17. The van der Waals surface area contributed by atoms with Crippen molar-refractivity contribution < 1.29 is 18.0 Å². The summed E-state index contributed by atoms with van der Waals surface area (Å²) in [5.74, 6) is -4.65. The van der Waals surface area contributed by atoms with E-state index in [1.54, 1.807) is 12.1 Å². The van der Waals surface area contributed by atoms with E-state index in [-0.39, 0.29) is 5.13 Å². The maximum Gasteiger partial charge on any atom is 0.260 e. The lowest BCUT2D eigenvalue weighted by atomic mass is 10.2. The summed E-state index contributed by atoms with van der Waals surface area (Å²) in [5.41, 5.74) is 0.108. The molecule has 3 aromatic rings. The van der Waals surface area contributed by atoms with Crippen molar-refractivity contribution in [1.29, 1.82) is 0 Å². The number of nitrogens with zero attached hydrogens (tertiary/aromatic N) is 1. The number of hydrogen-bond donors (Lipinski definition) is 1. The summed E-state index contributed by atoms with van der Waals surface area (Å²) in [7, 11) is 0. The van der Waals surface area contributed by atoms with Crippen molar-refractivity contribution in [3.8, 4) is 0 Å². The number of rotatable bonds is 2. The summed E-state index contributed by atoms with van der Waals surface area (Å²) in [6.45, 7) is 0. The van der Waals surface area contributed by atoms with E-state index < -0.39 is 28.9 Å². The van der Waals surface area contributed by atoms with Gasteiger partial charge in [-0.05, 0) is 18.2 Å². The zero-order valence-electron chi connectivity index (χ0n) is 10.4. The summed E-state index contributed by atoms with van der Waals surface area (Å²) < 4.78 is 40.3. The molecule has 0 aliphatic heterocycles. The SMILES string of the molecule is O=C(Nc1nc2ccccc2s1)c1cc(F)c(F)cc1F. The van der Waals surface area contributed by atoms with Crippen LogP contribution in [0.4, 0.5) is 18.3 Å². The number of nitrogens with one attached hydrogen (secondary N) is 1. The minimum atomic E-state index is -1.34. The van der Waals surface area contributed by atoms with Gasteiger partial charge in [0.1, 0.15) is 5.82 Å². The van der Waals surface area contributed by atoms with Gasteiger partial charge in [0.2, 0.25) is 0 Å². The zero-order valence-corrected chi connectivity index (χ0v) is 11.2. The highest BCUT2D eigenvalue weighted by molar-refractivity contribution is 7.22. The van der Waals surface area contributed by atoms with Crippen LogP contribution < -0.4 is 5.32 Å². The van der Waals surface area contributed by atoms with Gasteiger partial charge in [-0.2, -0.15) is 0 Å². The first-order chi connectivity index (χ1) is 10.0. The smallest absolute Gasteiger partial charge is 0.260 e. The summed E-state index contributed by atoms with van der Waals surface area (Å²) in [5, 5.41) is 2.63. The largest absolute Gasteiger partial charge is 0.298 e. The maximum atomic E-state index is 13.5.